The highest BCUT2D eigenvalue weighted by molar-refractivity contribution is 5.74. The molecule has 1 nitrogen and oxygen atoms in total. The summed E-state index contributed by atoms with van der Waals surface area (Å²) >= 11 is 0. The van der Waals surface area contributed by atoms with Gasteiger partial charge in [0, 0.05) is 5.56 Å². The molecule has 0 amide bonds. The van der Waals surface area contributed by atoms with Gasteiger partial charge in [0.05, 0.1) is 5.56 Å². The Hall–Kier alpha value is -1.83. The Morgan fingerprint density at radius 3 is 2.47 bits per heavy atom. The van der Waals surface area contributed by atoms with Crippen LogP contribution in [0.5, 0.6) is 0 Å². The number of carbonyl (C=O) groups excluding carboxylic acids is 1. The van der Waals surface area contributed by atoms with E-state index in [1.54, 1.807) is 0 Å². The SMILES string of the molecule is O=CC#Cc1ccc(F)cc1C(F)(F)F. The quantitative estimate of drug-likeness (QED) is 0.369. The maximum atomic E-state index is 12.6. The molecule has 0 fully saturated rings. The standard InChI is InChI=1S/C10H4F4O/c11-8-4-3-7(2-1-5-15)9(6-8)10(12,13)14/h3-6H. The zero-order chi connectivity index (χ0) is 11.5. The van der Waals surface area contributed by atoms with Crippen molar-refractivity contribution in [1.29, 1.82) is 0 Å². The number of hydrogen-bond acceptors (Lipinski definition) is 1. The maximum absolute atomic E-state index is 12.6. The molecule has 0 aliphatic heterocycles. The second kappa shape index (κ2) is 4.13. The molecule has 1 aromatic carbocycles. The number of aldehydes is 1. The van der Waals surface area contributed by atoms with Crippen LogP contribution < -0.4 is 0 Å². The lowest BCUT2D eigenvalue weighted by atomic mass is 10.1. The molecule has 5 heteroatoms. The summed E-state index contributed by atoms with van der Waals surface area (Å²) in [6.07, 6.45) is -4.52. The van der Waals surface area contributed by atoms with Gasteiger partial charge >= 0.3 is 6.18 Å². The number of halogens is 4. The largest absolute Gasteiger partial charge is 0.417 e. The van der Waals surface area contributed by atoms with E-state index < -0.39 is 23.1 Å². The van der Waals surface area contributed by atoms with Crippen LogP contribution >= 0.6 is 0 Å². The van der Waals surface area contributed by atoms with Crippen molar-refractivity contribution in [3.8, 4) is 11.8 Å². The molecule has 0 N–H and O–H groups in total. The monoisotopic (exact) mass is 216 g/mol. The predicted molar refractivity (Wildman–Crippen MR) is 44.3 cm³/mol. The molecule has 0 bridgehead atoms. The average Bonchev–Trinajstić information content (AvgIpc) is 2.14. The highest BCUT2D eigenvalue weighted by atomic mass is 19.4. The molecule has 0 aromatic heterocycles. The molecule has 0 atom stereocenters. The van der Waals surface area contributed by atoms with Gasteiger partial charge in [0.25, 0.3) is 0 Å². The van der Waals surface area contributed by atoms with Crippen LogP contribution in [0, 0.1) is 17.7 Å². The van der Waals surface area contributed by atoms with Crippen molar-refractivity contribution in [3.05, 3.63) is 35.1 Å². The zero-order valence-electron chi connectivity index (χ0n) is 7.23. The highest BCUT2D eigenvalue weighted by Gasteiger charge is 2.33. The van der Waals surface area contributed by atoms with Gasteiger partial charge in [0.15, 0.2) is 6.29 Å². The van der Waals surface area contributed by atoms with Crippen molar-refractivity contribution < 1.29 is 22.4 Å². The fraction of sp³-hybridized carbons (Fsp3) is 0.100. The summed E-state index contributed by atoms with van der Waals surface area (Å²) in [6, 6.07) is 2.08. The minimum Gasteiger partial charge on any atom is -0.289 e. The van der Waals surface area contributed by atoms with Crippen LogP contribution in [-0.4, -0.2) is 6.29 Å². The number of hydrogen-bond donors (Lipinski definition) is 0. The fourth-order valence-electron chi connectivity index (χ4n) is 0.967. The Bertz CT molecular complexity index is 437. The first kappa shape index (κ1) is 11.2. The first-order chi connectivity index (χ1) is 6.95. The Balaban J connectivity index is 3.33. The lowest BCUT2D eigenvalue weighted by Gasteiger charge is -2.08. The molecular weight excluding hydrogens is 212 g/mol. The second-order valence-electron chi connectivity index (χ2n) is 2.57. The van der Waals surface area contributed by atoms with Gasteiger partial charge in [-0.25, -0.2) is 4.39 Å². The van der Waals surface area contributed by atoms with Crippen LogP contribution in [0.4, 0.5) is 17.6 Å². The third kappa shape index (κ3) is 2.81. The van der Waals surface area contributed by atoms with E-state index in [4.69, 9.17) is 0 Å². The van der Waals surface area contributed by atoms with Crippen LogP contribution in [0.3, 0.4) is 0 Å². The Kier molecular flexibility index (Phi) is 3.10. The summed E-state index contributed by atoms with van der Waals surface area (Å²) < 4.78 is 49.6. The molecule has 0 saturated heterocycles. The molecule has 0 aliphatic rings. The number of rotatable bonds is 0. The van der Waals surface area contributed by atoms with E-state index in [0.29, 0.717) is 6.07 Å². The van der Waals surface area contributed by atoms with E-state index in [1.807, 2.05) is 11.8 Å². The highest BCUT2D eigenvalue weighted by Crippen LogP contribution is 2.32. The molecule has 0 unspecified atom stereocenters. The molecule has 1 rings (SSSR count). The number of carbonyl (C=O) groups is 1. The van der Waals surface area contributed by atoms with Crippen molar-refractivity contribution in [2.45, 2.75) is 6.18 Å². The van der Waals surface area contributed by atoms with Crippen molar-refractivity contribution in [2.24, 2.45) is 0 Å². The van der Waals surface area contributed by atoms with Gasteiger partial charge < -0.3 is 0 Å². The van der Waals surface area contributed by atoms with E-state index >= 15 is 0 Å². The van der Waals surface area contributed by atoms with Gasteiger partial charge in [0.1, 0.15) is 5.82 Å². The summed E-state index contributed by atoms with van der Waals surface area (Å²) in [6.45, 7) is 0. The number of alkyl halides is 3. The summed E-state index contributed by atoms with van der Waals surface area (Å²) in [4.78, 5) is 9.88. The zero-order valence-corrected chi connectivity index (χ0v) is 7.23. The van der Waals surface area contributed by atoms with Crippen LogP contribution in [0.2, 0.25) is 0 Å². The first-order valence-electron chi connectivity index (χ1n) is 3.77. The fourth-order valence-corrected chi connectivity index (χ4v) is 0.967. The molecule has 0 spiro atoms. The van der Waals surface area contributed by atoms with E-state index in [0.717, 1.165) is 12.1 Å². The van der Waals surface area contributed by atoms with Crippen molar-refractivity contribution in [3.63, 3.8) is 0 Å². The van der Waals surface area contributed by atoms with Crippen LogP contribution in [0.15, 0.2) is 18.2 Å². The Labute approximate surface area is 82.7 Å². The van der Waals surface area contributed by atoms with E-state index in [1.165, 1.54) is 0 Å². The van der Waals surface area contributed by atoms with E-state index in [-0.39, 0.29) is 6.29 Å². The summed E-state index contributed by atoms with van der Waals surface area (Å²) in [5, 5.41) is 0. The van der Waals surface area contributed by atoms with Gasteiger partial charge in [-0.3, -0.25) is 4.79 Å². The molecule has 0 aliphatic carbocycles. The molecule has 0 saturated carbocycles. The molecule has 1 aromatic rings. The molecule has 0 radical (unpaired) electrons. The predicted octanol–water partition coefficient (Wildman–Crippen LogP) is 2.39. The second-order valence-corrected chi connectivity index (χ2v) is 2.57. The van der Waals surface area contributed by atoms with Gasteiger partial charge in [-0.05, 0) is 24.1 Å². The molecular formula is C10H4F4O. The first-order valence-corrected chi connectivity index (χ1v) is 3.77. The lowest BCUT2D eigenvalue weighted by Crippen LogP contribution is -2.08. The van der Waals surface area contributed by atoms with Gasteiger partial charge in [-0.15, -0.1) is 0 Å². The average molecular weight is 216 g/mol. The van der Waals surface area contributed by atoms with E-state index in [2.05, 4.69) is 0 Å². The van der Waals surface area contributed by atoms with Crippen molar-refractivity contribution in [1.82, 2.24) is 0 Å². The third-order valence-corrected chi connectivity index (χ3v) is 1.55. The normalized spacial score (nSPS) is 10.4. The lowest BCUT2D eigenvalue weighted by molar-refractivity contribution is -0.138. The van der Waals surface area contributed by atoms with Gasteiger partial charge in [0.2, 0.25) is 0 Å². The van der Waals surface area contributed by atoms with Crippen molar-refractivity contribution in [2.75, 3.05) is 0 Å². The van der Waals surface area contributed by atoms with Crippen LogP contribution in [-0.2, 0) is 11.0 Å². The Morgan fingerprint density at radius 2 is 1.93 bits per heavy atom. The Morgan fingerprint density at radius 1 is 1.27 bits per heavy atom. The van der Waals surface area contributed by atoms with Crippen LogP contribution in [0.25, 0.3) is 0 Å². The molecule has 0 heterocycles. The minimum atomic E-state index is -4.69. The minimum absolute atomic E-state index is 0.170. The number of benzene rings is 1. The van der Waals surface area contributed by atoms with Gasteiger partial charge in [-0.2, -0.15) is 13.2 Å². The van der Waals surface area contributed by atoms with E-state index in [9.17, 15) is 22.4 Å². The van der Waals surface area contributed by atoms with Gasteiger partial charge in [-0.1, -0.05) is 5.92 Å². The summed E-state index contributed by atoms with van der Waals surface area (Å²) in [7, 11) is 0. The maximum Gasteiger partial charge on any atom is 0.417 e. The smallest absolute Gasteiger partial charge is 0.289 e. The van der Waals surface area contributed by atoms with Crippen molar-refractivity contribution >= 4 is 6.29 Å². The molecule has 15 heavy (non-hydrogen) atoms. The van der Waals surface area contributed by atoms with Crippen LogP contribution in [0.1, 0.15) is 11.1 Å². The molecule has 78 valence electrons. The summed E-state index contributed by atoms with van der Waals surface area (Å²) in [5.41, 5.74) is -1.60. The topological polar surface area (TPSA) is 17.1 Å². The summed E-state index contributed by atoms with van der Waals surface area (Å²) in [5.74, 6) is 2.83. The third-order valence-electron chi connectivity index (χ3n) is 1.55.